The van der Waals surface area contributed by atoms with E-state index in [0.29, 0.717) is 5.56 Å². The summed E-state index contributed by atoms with van der Waals surface area (Å²) >= 11 is 0. The van der Waals surface area contributed by atoms with Gasteiger partial charge in [0.2, 0.25) is 5.91 Å². The molecule has 7 heteroatoms. The predicted molar refractivity (Wildman–Crippen MR) is 106 cm³/mol. The molecule has 0 bridgehead atoms. The highest BCUT2D eigenvalue weighted by Crippen LogP contribution is 2.26. The Morgan fingerprint density at radius 2 is 1.81 bits per heavy atom. The molecule has 0 aliphatic carbocycles. The fraction of sp³-hybridized carbons (Fsp3) is 0.350. The van der Waals surface area contributed by atoms with Crippen LogP contribution in [0.25, 0.3) is 0 Å². The third-order valence-corrected chi connectivity index (χ3v) is 4.31. The zero-order chi connectivity index (χ0) is 20.1. The monoisotopic (exact) mass is 371 g/mol. The summed E-state index contributed by atoms with van der Waals surface area (Å²) in [6, 6.07) is 8.60. The zero-order valence-electron chi connectivity index (χ0n) is 16.3. The maximum Gasteiger partial charge on any atom is 0.269 e. The number of nitrogens with one attached hydrogen (secondary N) is 1. The molecular formula is C20H25N3O4. The van der Waals surface area contributed by atoms with E-state index >= 15 is 0 Å². The topological polar surface area (TPSA) is 84.7 Å². The third-order valence-electron chi connectivity index (χ3n) is 4.31. The Morgan fingerprint density at radius 1 is 1.19 bits per heavy atom. The van der Waals surface area contributed by atoms with Gasteiger partial charge in [-0.15, -0.1) is 0 Å². The number of carbonyl (C=O) groups excluding carboxylic acids is 1. The van der Waals surface area contributed by atoms with Gasteiger partial charge >= 0.3 is 0 Å². The molecule has 0 aromatic heterocycles. The van der Waals surface area contributed by atoms with Gasteiger partial charge in [0, 0.05) is 43.2 Å². The van der Waals surface area contributed by atoms with Crippen LogP contribution >= 0.6 is 0 Å². The van der Waals surface area contributed by atoms with Crippen LogP contribution in [0.1, 0.15) is 22.3 Å². The first kappa shape index (κ1) is 20.4. The van der Waals surface area contributed by atoms with Crippen molar-refractivity contribution < 1.29 is 14.5 Å². The summed E-state index contributed by atoms with van der Waals surface area (Å²) in [5, 5.41) is 14.0. The van der Waals surface area contributed by atoms with Crippen LogP contribution in [0.2, 0.25) is 0 Å². The summed E-state index contributed by atoms with van der Waals surface area (Å²) in [6.45, 7) is 6.28. The third kappa shape index (κ3) is 5.04. The lowest BCUT2D eigenvalue weighted by Crippen LogP contribution is -2.31. The van der Waals surface area contributed by atoms with E-state index in [1.165, 1.54) is 19.2 Å². The van der Waals surface area contributed by atoms with Gasteiger partial charge in [-0.1, -0.05) is 17.7 Å². The van der Waals surface area contributed by atoms with Crippen molar-refractivity contribution in [2.45, 2.75) is 27.4 Å². The normalized spacial score (nSPS) is 10.6. The van der Waals surface area contributed by atoms with E-state index in [0.717, 1.165) is 28.1 Å². The Bertz CT molecular complexity index is 841. The molecule has 0 aliphatic heterocycles. The smallest absolute Gasteiger partial charge is 0.269 e. The Kier molecular flexibility index (Phi) is 6.52. The second-order valence-electron chi connectivity index (χ2n) is 6.68. The Labute approximate surface area is 159 Å². The van der Waals surface area contributed by atoms with Crippen LogP contribution in [-0.2, 0) is 16.1 Å². The van der Waals surface area contributed by atoms with Crippen molar-refractivity contribution in [3.8, 4) is 0 Å². The number of likely N-dealkylation sites (N-methyl/N-ethyl adjacent to an activating group) is 1. The second-order valence-corrected chi connectivity index (χ2v) is 6.68. The van der Waals surface area contributed by atoms with Gasteiger partial charge < -0.3 is 15.0 Å². The van der Waals surface area contributed by atoms with Crippen LogP contribution in [0.5, 0.6) is 0 Å². The lowest BCUT2D eigenvalue weighted by Gasteiger charge is -2.22. The fourth-order valence-electron chi connectivity index (χ4n) is 3.19. The number of amides is 1. The fourth-order valence-corrected chi connectivity index (χ4v) is 3.19. The van der Waals surface area contributed by atoms with Crippen molar-refractivity contribution >= 4 is 23.0 Å². The summed E-state index contributed by atoms with van der Waals surface area (Å²) in [5.41, 5.74) is 5.36. The van der Waals surface area contributed by atoms with Gasteiger partial charge in [0.15, 0.2) is 0 Å². The Hall–Kier alpha value is -2.93. The van der Waals surface area contributed by atoms with E-state index in [-0.39, 0.29) is 24.7 Å². The number of hydrogen-bond donors (Lipinski definition) is 1. The first-order valence-electron chi connectivity index (χ1n) is 8.58. The number of non-ortho nitro benzene ring substituents is 1. The summed E-state index contributed by atoms with van der Waals surface area (Å²) < 4.78 is 5.15. The van der Waals surface area contributed by atoms with Crippen LogP contribution in [0, 0.1) is 30.9 Å². The summed E-state index contributed by atoms with van der Waals surface area (Å²) in [7, 11) is 3.30. The van der Waals surface area contributed by atoms with Crippen molar-refractivity contribution in [3.63, 3.8) is 0 Å². The average Bonchev–Trinajstić information content (AvgIpc) is 2.58. The number of nitrogens with zero attached hydrogens (tertiary/aromatic N) is 2. The van der Waals surface area contributed by atoms with E-state index in [2.05, 4.69) is 5.32 Å². The van der Waals surface area contributed by atoms with Crippen LogP contribution in [0.3, 0.4) is 0 Å². The standard InChI is InChI=1S/C20H25N3O4/c1-13-8-14(2)20(15(3)9-13)21-19(24)11-22(4)18-7-6-17(23(25)26)10-16(18)12-27-5/h6-10H,11-12H2,1-5H3,(H,21,24). The number of methoxy groups -OCH3 is 1. The molecule has 2 rings (SSSR count). The van der Waals surface area contributed by atoms with Gasteiger partial charge in [-0.25, -0.2) is 0 Å². The zero-order valence-corrected chi connectivity index (χ0v) is 16.3. The van der Waals surface area contributed by atoms with Crippen LogP contribution in [0.4, 0.5) is 17.1 Å². The summed E-state index contributed by atoms with van der Waals surface area (Å²) in [6.07, 6.45) is 0. The molecule has 144 valence electrons. The number of hydrogen-bond acceptors (Lipinski definition) is 5. The van der Waals surface area contributed by atoms with Crippen LogP contribution in [-0.4, -0.2) is 31.5 Å². The quantitative estimate of drug-likeness (QED) is 0.592. The van der Waals surface area contributed by atoms with E-state index in [9.17, 15) is 14.9 Å². The molecule has 2 aromatic rings. The second kappa shape index (κ2) is 8.64. The molecule has 27 heavy (non-hydrogen) atoms. The first-order valence-corrected chi connectivity index (χ1v) is 8.58. The molecule has 0 atom stereocenters. The minimum absolute atomic E-state index is 0.00504. The van der Waals surface area contributed by atoms with Gasteiger partial charge in [-0.3, -0.25) is 14.9 Å². The SMILES string of the molecule is COCc1cc([N+](=O)[O-])ccc1N(C)CC(=O)Nc1c(C)cc(C)cc1C. The number of nitro benzene ring substituents is 1. The first-order chi connectivity index (χ1) is 12.7. The van der Waals surface area contributed by atoms with Crippen molar-refractivity contribution in [1.82, 2.24) is 0 Å². The minimum Gasteiger partial charge on any atom is -0.380 e. The van der Waals surface area contributed by atoms with E-state index in [4.69, 9.17) is 4.74 Å². The summed E-state index contributed by atoms with van der Waals surface area (Å²) in [4.78, 5) is 24.8. The van der Waals surface area contributed by atoms with Crippen molar-refractivity contribution in [3.05, 3.63) is 62.7 Å². The minimum atomic E-state index is -0.446. The van der Waals surface area contributed by atoms with Crippen molar-refractivity contribution in [1.29, 1.82) is 0 Å². The number of aryl methyl sites for hydroxylation is 3. The summed E-state index contributed by atoms with van der Waals surface area (Å²) in [5.74, 6) is -0.158. The largest absolute Gasteiger partial charge is 0.380 e. The number of nitro groups is 1. The highest BCUT2D eigenvalue weighted by molar-refractivity contribution is 5.95. The van der Waals surface area contributed by atoms with E-state index < -0.39 is 4.92 Å². The number of carbonyl (C=O) groups is 1. The molecular weight excluding hydrogens is 346 g/mol. The number of rotatable bonds is 7. The molecule has 7 nitrogen and oxygen atoms in total. The molecule has 0 heterocycles. The molecule has 1 N–H and O–H groups in total. The van der Waals surface area contributed by atoms with Crippen LogP contribution < -0.4 is 10.2 Å². The van der Waals surface area contributed by atoms with Crippen molar-refractivity contribution in [2.24, 2.45) is 0 Å². The molecule has 0 fully saturated rings. The number of ether oxygens (including phenoxy) is 1. The van der Waals surface area contributed by atoms with Crippen LogP contribution in [0.15, 0.2) is 30.3 Å². The molecule has 0 radical (unpaired) electrons. The predicted octanol–water partition coefficient (Wildman–Crippen LogP) is 3.74. The highest BCUT2D eigenvalue weighted by Gasteiger charge is 2.16. The molecule has 0 saturated carbocycles. The van der Waals surface area contributed by atoms with Gasteiger partial charge in [0.1, 0.15) is 0 Å². The molecule has 2 aromatic carbocycles. The van der Waals surface area contributed by atoms with E-state index in [1.807, 2.05) is 32.9 Å². The van der Waals surface area contributed by atoms with Gasteiger partial charge in [0.25, 0.3) is 5.69 Å². The van der Waals surface area contributed by atoms with Gasteiger partial charge in [-0.05, 0) is 38.0 Å². The van der Waals surface area contributed by atoms with Gasteiger partial charge in [0.05, 0.1) is 18.1 Å². The van der Waals surface area contributed by atoms with E-state index in [1.54, 1.807) is 18.0 Å². The molecule has 0 saturated heterocycles. The molecule has 0 unspecified atom stereocenters. The maximum absolute atomic E-state index is 12.5. The molecule has 1 amide bonds. The maximum atomic E-state index is 12.5. The number of benzene rings is 2. The number of anilines is 2. The molecule has 0 aliphatic rings. The highest BCUT2D eigenvalue weighted by atomic mass is 16.6. The van der Waals surface area contributed by atoms with Crippen molar-refractivity contribution in [2.75, 3.05) is 30.9 Å². The average molecular weight is 371 g/mol. The van der Waals surface area contributed by atoms with Gasteiger partial charge in [-0.2, -0.15) is 0 Å². The molecule has 0 spiro atoms. The Balaban J connectivity index is 2.18. The lowest BCUT2D eigenvalue weighted by atomic mass is 10.1. The lowest BCUT2D eigenvalue weighted by molar-refractivity contribution is -0.384. The Morgan fingerprint density at radius 3 is 2.37 bits per heavy atom.